The van der Waals surface area contributed by atoms with Crippen LogP contribution < -0.4 is 0 Å². The van der Waals surface area contributed by atoms with Gasteiger partial charge in [0.25, 0.3) is 0 Å². The van der Waals surface area contributed by atoms with Gasteiger partial charge in [0.1, 0.15) is 0 Å². The van der Waals surface area contributed by atoms with E-state index in [2.05, 4.69) is 78.6 Å². The average molecular weight is 711 g/mol. The minimum absolute atomic E-state index is 0. The van der Waals surface area contributed by atoms with Crippen molar-refractivity contribution < 1.29 is 0 Å². The van der Waals surface area contributed by atoms with Crippen LogP contribution in [0.4, 0.5) is 0 Å². The summed E-state index contributed by atoms with van der Waals surface area (Å²) in [4.78, 5) is 0. The first-order valence-electron chi connectivity index (χ1n) is 6.00. The van der Waals surface area contributed by atoms with Crippen molar-refractivity contribution in [1.29, 1.82) is 0 Å². The van der Waals surface area contributed by atoms with Crippen LogP contribution in [0.3, 0.4) is 0 Å². The van der Waals surface area contributed by atoms with Crippen LogP contribution in [0, 0.1) is 0 Å². The van der Waals surface area contributed by atoms with Crippen LogP contribution >= 0.6 is 0 Å². The van der Waals surface area contributed by atoms with Gasteiger partial charge in [0.15, 0.2) is 0 Å². The molecule has 0 aliphatic heterocycles. The van der Waals surface area contributed by atoms with E-state index in [9.17, 15) is 0 Å². The molecule has 0 fully saturated rings. The van der Waals surface area contributed by atoms with E-state index in [1.807, 2.05) is 0 Å². The summed E-state index contributed by atoms with van der Waals surface area (Å²) in [5.41, 5.74) is 0. The monoisotopic (exact) mass is 710 g/mol. The summed E-state index contributed by atoms with van der Waals surface area (Å²) in [7, 11) is 0.481. The molecule has 18 heavy (non-hydrogen) atoms. The van der Waals surface area contributed by atoms with E-state index in [1.165, 1.54) is 0 Å². The van der Waals surface area contributed by atoms with Gasteiger partial charge in [0.2, 0.25) is 0 Å². The Morgan fingerprint density at radius 2 is 0.278 bits per heavy atom. The molecule has 0 saturated carbocycles. The van der Waals surface area contributed by atoms with Crippen LogP contribution in [-0.4, -0.2) is 87.6 Å². The van der Waals surface area contributed by atoms with Crippen molar-refractivity contribution in [2.45, 2.75) is 78.6 Å². The molecule has 0 amide bonds. The van der Waals surface area contributed by atoms with Crippen LogP contribution in [0.25, 0.3) is 0 Å². The Balaban J connectivity index is -0.0000000257. The van der Waals surface area contributed by atoms with Gasteiger partial charge in [-0.2, -0.15) is 0 Å². The predicted molar refractivity (Wildman–Crippen MR) is 105 cm³/mol. The van der Waals surface area contributed by atoms with Gasteiger partial charge in [0.05, 0.1) is 0 Å². The Morgan fingerprint density at radius 3 is 0.278 bits per heavy atom. The molecule has 0 aliphatic carbocycles. The molecule has 0 rings (SSSR count). The Bertz CT molecular complexity index is 65.1. The number of hydrogen-bond acceptors (Lipinski definition) is 0. The van der Waals surface area contributed by atoms with E-state index in [0.717, 1.165) is 0 Å². The molecule has 110 valence electrons. The normalized spacial score (nSPS) is 8.00. The molecule has 0 atom stereocenters. The third-order valence-electron chi connectivity index (χ3n) is 0. The second-order valence-corrected chi connectivity index (χ2v) is 18.0. The summed E-state index contributed by atoms with van der Waals surface area (Å²) < 4.78 is 0. The number of hydrogen-bond donors (Lipinski definition) is 0. The van der Waals surface area contributed by atoms with Crippen molar-refractivity contribution >= 4 is 87.6 Å². The van der Waals surface area contributed by atoms with Gasteiger partial charge in [-0.3, -0.25) is 0 Å². The zero-order valence-corrected chi connectivity index (χ0v) is 25.8. The third-order valence-corrected chi connectivity index (χ3v) is 0. The van der Waals surface area contributed by atoms with E-state index < -0.39 is 0 Å². The van der Waals surface area contributed by atoms with Gasteiger partial charge in [-0.25, -0.2) is 0 Å². The summed E-state index contributed by atoms with van der Waals surface area (Å²) in [5.74, 6) is 0. The molecule has 0 aromatic heterocycles. The van der Waals surface area contributed by atoms with Crippen LogP contribution in [0.1, 0.15) is 0 Å². The van der Waals surface area contributed by atoms with Gasteiger partial charge in [-0.15, -0.1) is 0 Å². The fraction of sp³-hybridized carbons (Fsp3) is 1.00. The van der Waals surface area contributed by atoms with Gasteiger partial charge < -0.3 is 0 Å². The minimum Gasteiger partial charge on any atom is -0.0715 e. The van der Waals surface area contributed by atoms with Crippen molar-refractivity contribution in [2.24, 2.45) is 0 Å². The first kappa shape index (κ1) is 37.1. The minimum atomic E-state index is 0. The van der Waals surface area contributed by atoms with Crippen LogP contribution in [0.5, 0.6) is 0 Å². The molecule has 0 heterocycles. The van der Waals surface area contributed by atoms with Gasteiger partial charge in [-0.05, 0) is 0 Å². The van der Waals surface area contributed by atoms with E-state index in [4.69, 9.17) is 0 Å². The summed E-state index contributed by atoms with van der Waals surface area (Å²) >= 11 is 0. The standard InChI is InChI=1S/4C3H9Si.2Bi/c4*1-4(2)3;;/h4*1-3H3;;. The molecule has 10 radical (unpaired) electrons. The maximum absolute atomic E-state index is 2.27. The quantitative estimate of drug-likeness (QED) is 0.320. The zero-order valence-electron chi connectivity index (χ0n) is 14.9. The second-order valence-electron chi connectivity index (χ2n) is 6.00. The Hall–Kier alpha value is 2.63. The molecule has 0 unspecified atom stereocenters. The van der Waals surface area contributed by atoms with E-state index in [1.54, 1.807) is 0 Å². The SMILES string of the molecule is C[Si](C)C.C[Si](C)C.C[Si](C)C.C[Si](C)C.[Bi].[Bi]. The molecular weight excluding hydrogens is 674 g/mol. The number of rotatable bonds is 0. The Labute approximate surface area is 164 Å². The molecule has 0 saturated heterocycles. The molecule has 0 N–H and O–H groups in total. The summed E-state index contributed by atoms with van der Waals surface area (Å²) in [6.07, 6.45) is 0. The second kappa shape index (κ2) is 31.8. The van der Waals surface area contributed by atoms with Crippen molar-refractivity contribution in [1.82, 2.24) is 0 Å². The molecule has 0 aliphatic rings. The van der Waals surface area contributed by atoms with E-state index in [-0.39, 0.29) is 87.6 Å². The molecule has 0 nitrogen and oxygen atoms in total. The average Bonchev–Trinajstić information content (AvgIpc) is 1.76. The van der Waals surface area contributed by atoms with Crippen molar-refractivity contribution in [2.75, 3.05) is 0 Å². The maximum atomic E-state index is 2.27. The summed E-state index contributed by atoms with van der Waals surface area (Å²) in [5, 5.41) is 0. The van der Waals surface area contributed by atoms with Crippen LogP contribution in [-0.2, 0) is 0 Å². The van der Waals surface area contributed by atoms with Gasteiger partial charge in [-0.1, -0.05) is 78.6 Å². The van der Waals surface area contributed by atoms with E-state index in [0.29, 0.717) is 0 Å². The fourth-order valence-corrected chi connectivity index (χ4v) is 0. The first-order valence-corrected chi connectivity index (χ1v) is 18.0. The molecule has 0 spiro atoms. The van der Waals surface area contributed by atoms with Crippen LogP contribution in [0.15, 0.2) is 0 Å². The summed E-state index contributed by atoms with van der Waals surface area (Å²) in [6.45, 7) is 27.2. The van der Waals surface area contributed by atoms with Crippen molar-refractivity contribution in [3.63, 3.8) is 0 Å². The van der Waals surface area contributed by atoms with Gasteiger partial charge >= 0.3 is 0 Å². The largest absolute Gasteiger partial charge is 0.0715 e. The fourth-order valence-electron chi connectivity index (χ4n) is 0. The molecular formula is C12H36Bi2Si4. The Morgan fingerprint density at radius 1 is 0.278 bits per heavy atom. The Kier molecular flexibility index (Phi) is 65.7. The molecule has 6 heteroatoms. The van der Waals surface area contributed by atoms with Gasteiger partial charge in [0, 0.05) is 87.6 Å². The zero-order chi connectivity index (χ0) is 14.3. The van der Waals surface area contributed by atoms with E-state index >= 15 is 0 Å². The topological polar surface area (TPSA) is 0 Å². The predicted octanol–water partition coefficient (Wildman–Crippen LogP) is 4.72. The maximum Gasteiger partial charge on any atom is 0.0379 e. The molecule has 0 bridgehead atoms. The van der Waals surface area contributed by atoms with Crippen molar-refractivity contribution in [3.05, 3.63) is 0 Å². The summed E-state index contributed by atoms with van der Waals surface area (Å²) in [6, 6.07) is 0. The molecule has 0 aromatic carbocycles. The first-order chi connectivity index (χ1) is 6.93. The van der Waals surface area contributed by atoms with Crippen LogP contribution in [0.2, 0.25) is 78.6 Å². The third kappa shape index (κ3) is 835. The smallest absolute Gasteiger partial charge is 0.0379 e. The van der Waals surface area contributed by atoms with Crippen molar-refractivity contribution in [3.8, 4) is 0 Å². The molecule has 0 aromatic rings.